The summed E-state index contributed by atoms with van der Waals surface area (Å²) < 4.78 is 15.2. The first-order valence-corrected chi connectivity index (χ1v) is 12.4. The molecule has 0 heterocycles. The molecule has 28 heavy (non-hydrogen) atoms. The van der Waals surface area contributed by atoms with Crippen molar-refractivity contribution < 1.29 is 28.8 Å². The lowest BCUT2D eigenvalue weighted by molar-refractivity contribution is -0.121. The quantitative estimate of drug-likeness (QED) is 0.180. The minimum absolute atomic E-state index is 0.372. The number of aliphatic hydroxyl groups is 1. The van der Waals surface area contributed by atoms with Gasteiger partial charge in [0.2, 0.25) is 5.91 Å². The van der Waals surface area contributed by atoms with Gasteiger partial charge in [-0.2, -0.15) is 0 Å². The highest BCUT2D eigenvalue weighted by molar-refractivity contribution is 7.46. The zero-order chi connectivity index (χ0) is 21.3. The molecule has 0 aromatic rings. The van der Waals surface area contributed by atoms with Crippen LogP contribution in [0.1, 0.15) is 104 Å². The Labute approximate surface area is 170 Å². The van der Waals surface area contributed by atoms with Gasteiger partial charge in [-0.3, -0.25) is 9.32 Å². The maximum absolute atomic E-state index is 11.2. The van der Waals surface area contributed by atoms with E-state index >= 15 is 0 Å². The van der Waals surface area contributed by atoms with Crippen LogP contribution in [0.15, 0.2) is 0 Å². The van der Waals surface area contributed by atoms with Crippen molar-refractivity contribution in [2.75, 3.05) is 6.61 Å². The third-order valence-corrected chi connectivity index (χ3v) is 5.36. The molecule has 1 amide bonds. The van der Waals surface area contributed by atoms with E-state index in [1.165, 1.54) is 71.1 Å². The number of carbonyl (C=O) groups excluding carboxylic acids is 1. The van der Waals surface area contributed by atoms with Gasteiger partial charge in [-0.15, -0.1) is 0 Å². The first kappa shape index (κ1) is 27.5. The summed E-state index contributed by atoms with van der Waals surface area (Å²) in [7, 11) is -4.63. The van der Waals surface area contributed by atoms with Crippen molar-refractivity contribution in [1.82, 2.24) is 5.32 Å². The number of phosphoric ester groups is 1. The molecule has 7 nitrogen and oxygen atoms in total. The van der Waals surface area contributed by atoms with Gasteiger partial charge in [0.05, 0.1) is 18.8 Å². The molecule has 0 fully saturated rings. The molecular weight excluding hydrogens is 381 g/mol. The highest BCUT2D eigenvalue weighted by Crippen LogP contribution is 2.35. The third kappa shape index (κ3) is 18.9. The third-order valence-electron chi connectivity index (χ3n) is 4.88. The largest absolute Gasteiger partial charge is 0.469 e. The fourth-order valence-corrected chi connectivity index (χ4v) is 3.61. The second-order valence-corrected chi connectivity index (χ2v) is 8.93. The summed E-state index contributed by atoms with van der Waals surface area (Å²) in [6.07, 6.45) is 15.7. The van der Waals surface area contributed by atoms with Crippen LogP contribution in [-0.2, 0) is 13.9 Å². The van der Waals surface area contributed by atoms with E-state index in [4.69, 9.17) is 9.79 Å². The number of unbranched alkanes of at least 4 members (excludes halogenated alkanes) is 12. The van der Waals surface area contributed by atoms with E-state index in [9.17, 15) is 14.5 Å². The van der Waals surface area contributed by atoms with Gasteiger partial charge >= 0.3 is 7.82 Å². The fourth-order valence-electron chi connectivity index (χ4n) is 3.26. The maximum Gasteiger partial charge on any atom is 0.469 e. The lowest BCUT2D eigenvalue weighted by atomic mass is 10.0. The zero-order valence-corrected chi connectivity index (χ0v) is 18.7. The van der Waals surface area contributed by atoms with Crippen molar-refractivity contribution in [3.05, 3.63) is 0 Å². The summed E-state index contributed by atoms with van der Waals surface area (Å²) in [6.45, 7) is 3.12. The monoisotopic (exact) mass is 423 g/mol. The summed E-state index contributed by atoms with van der Waals surface area (Å²) in [5, 5.41) is 12.7. The molecule has 0 unspecified atom stereocenters. The zero-order valence-electron chi connectivity index (χ0n) is 17.8. The van der Waals surface area contributed by atoms with Crippen molar-refractivity contribution in [2.45, 2.75) is 116 Å². The summed E-state index contributed by atoms with van der Waals surface area (Å²) >= 11 is 0. The summed E-state index contributed by atoms with van der Waals surface area (Å²) in [5.74, 6) is -0.372. The van der Waals surface area contributed by atoms with E-state index in [1.54, 1.807) is 0 Å². The van der Waals surface area contributed by atoms with Crippen molar-refractivity contribution >= 4 is 13.7 Å². The highest BCUT2D eigenvalue weighted by atomic mass is 31.2. The van der Waals surface area contributed by atoms with Gasteiger partial charge in [0.1, 0.15) is 0 Å². The van der Waals surface area contributed by atoms with Crippen LogP contribution < -0.4 is 5.32 Å². The van der Waals surface area contributed by atoms with E-state index < -0.39 is 26.6 Å². The molecule has 0 aliphatic rings. The number of phosphoric acid groups is 1. The van der Waals surface area contributed by atoms with Crippen LogP contribution in [0.2, 0.25) is 0 Å². The van der Waals surface area contributed by atoms with Crippen molar-refractivity contribution in [1.29, 1.82) is 0 Å². The minimum atomic E-state index is -4.63. The van der Waals surface area contributed by atoms with Crippen molar-refractivity contribution in [3.63, 3.8) is 0 Å². The topological polar surface area (TPSA) is 116 Å². The molecule has 0 radical (unpaired) electrons. The lowest BCUT2D eigenvalue weighted by Gasteiger charge is -2.23. The number of hydrogen-bond donors (Lipinski definition) is 4. The van der Waals surface area contributed by atoms with Gasteiger partial charge in [0.15, 0.2) is 0 Å². The molecule has 0 spiro atoms. The van der Waals surface area contributed by atoms with Gasteiger partial charge in [0, 0.05) is 6.92 Å². The van der Waals surface area contributed by atoms with Crippen LogP contribution in [0.3, 0.4) is 0 Å². The first-order chi connectivity index (χ1) is 13.3. The second-order valence-electron chi connectivity index (χ2n) is 7.69. The van der Waals surface area contributed by atoms with E-state index in [0.29, 0.717) is 6.42 Å². The van der Waals surface area contributed by atoms with Crippen LogP contribution >= 0.6 is 7.82 Å². The first-order valence-electron chi connectivity index (χ1n) is 10.9. The molecule has 168 valence electrons. The number of carbonyl (C=O) groups is 1. The van der Waals surface area contributed by atoms with Crippen molar-refractivity contribution in [3.8, 4) is 0 Å². The lowest BCUT2D eigenvalue weighted by Crippen LogP contribution is -2.45. The Hall–Kier alpha value is -0.460. The van der Waals surface area contributed by atoms with Crippen LogP contribution in [0.25, 0.3) is 0 Å². The van der Waals surface area contributed by atoms with Gasteiger partial charge in [0.25, 0.3) is 0 Å². The Morgan fingerprint density at radius 2 is 1.32 bits per heavy atom. The van der Waals surface area contributed by atoms with Crippen molar-refractivity contribution in [2.24, 2.45) is 0 Å². The molecule has 0 aromatic heterocycles. The van der Waals surface area contributed by atoms with E-state index in [2.05, 4.69) is 16.8 Å². The molecule has 2 atom stereocenters. The number of amides is 1. The molecular formula is C20H42NO6P. The SMILES string of the molecule is CCCCCCCCCCCCCCC[C@@H](O)[C@H](COP(=O)(O)O)NC(C)=O. The van der Waals surface area contributed by atoms with E-state index in [1.807, 2.05) is 0 Å². The Morgan fingerprint density at radius 1 is 0.893 bits per heavy atom. The van der Waals surface area contributed by atoms with Crippen LogP contribution in [0.5, 0.6) is 0 Å². The summed E-state index contributed by atoms with van der Waals surface area (Å²) in [4.78, 5) is 28.8. The predicted molar refractivity (Wildman–Crippen MR) is 112 cm³/mol. The number of nitrogens with one attached hydrogen (secondary N) is 1. The molecule has 0 aliphatic carbocycles. The predicted octanol–water partition coefficient (Wildman–Crippen LogP) is 4.44. The second kappa shape index (κ2) is 17.4. The number of rotatable bonds is 19. The molecule has 8 heteroatoms. The number of hydrogen-bond acceptors (Lipinski definition) is 4. The van der Waals surface area contributed by atoms with Crippen LogP contribution in [0.4, 0.5) is 0 Å². The molecule has 0 aromatic carbocycles. The molecule has 0 saturated heterocycles. The van der Waals surface area contributed by atoms with Gasteiger partial charge in [-0.05, 0) is 6.42 Å². The molecule has 4 N–H and O–H groups in total. The van der Waals surface area contributed by atoms with Gasteiger partial charge < -0.3 is 20.2 Å². The molecule has 0 saturated carbocycles. The van der Waals surface area contributed by atoms with E-state index in [0.717, 1.165) is 19.3 Å². The Kier molecular flexibility index (Phi) is 17.1. The summed E-state index contributed by atoms with van der Waals surface area (Å²) in [5.41, 5.74) is 0. The Morgan fingerprint density at radius 3 is 1.71 bits per heavy atom. The number of aliphatic hydroxyl groups excluding tert-OH is 1. The molecule has 0 bridgehead atoms. The maximum atomic E-state index is 11.2. The summed E-state index contributed by atoms with van der Waals surface area (Å²) in [6, 6.07) is -0.817. The molecule has 0 rings (SSSR count). The normalized spacial score (nSPS) is 14.0. The Bertz CT molecular complexity index is 429. The highest BCUT2D eigenvalue weighted by Gasteiger charge is 2.24. The molecule has 0 aliphatic heterocycles. The van der Waals surface area contributed by atoms with Crippen LogP contribution in [0, 0.1) is 0 Å². The Balaban J connectivity index is 3.70. The van der Waals surface area contributed by atoms with Gasteiger partial charge in [-0.25, -0.2) is 4.57 Å². The minimum Gasteiger partial charge on any atom is -0.391 e. The average Bonchev–Trinajstić information content (AvgIpc) is 2.61. The fraction of sp³-hybridized carbons (Fsp3) is 0.950. The van der Waals surface area contributed by atoms with Crippen LogP contribution in [-0.4, -0.2) is 39.6 Å². The van der Waals surface area contributed by atoms with E-state index in [-0.39, 0.29) is 5.91 Å². The van der Waals surface area contributed by atoms with Gasteiger partial charge in [-0.1, -0.05) is 90.4 Å². The smallest absolute Gasteiger partial charge is 0.391 e. The standard InChI is InChI=1S/C20H42NO6P/c1-3-4-5-6-7-8-9-10-11-12-13-14-15-16-20(23)19(21-18(2)22)17-27-28(24,25)26/h19-20,23H,3-17H2,1-2H3,(H,21,22)(H2,24,25,26)/t19-,20+/m0/s1. The average molecular weight is 424 g/mol.